The van der Waals surface area contributed by atoms with Crippen LogP contribution in [0.3, 0.4) is 0 Å². The van der Waals surface area contributed by atoms with E-state index < -0.39 is 18.6 Å². The van der Waals surface area contributed by atoms with Gasteiger partial charge in [-0.3, -0.25) is 4.79 Å². The Kier molecular flexibility index (Phi) is 6.57. The van der Waals surface area contributed by atoms with Crippen LogP contribution in [-0.2, 0) is 11.3 Å². The van der Waals surface area contributed by atoms with Gasteiger partial charge in [0.1, 0.15) is 6.54 Å². The summed E-state index contributed by atoms with van der Waals surface area (Å²) in [5.74, 6) is -0.712. The summed E-state index contributed by atoms with van der Waals surface area (Å²) in [4.78, 5) is 15.8. The maximum atomic E-state index is 12.0. The van der Waals surface area contributed by atoms with E-state index in [0.29, 0.717) is 5.16 Å². The van der Waals surface area contributed by atoms with E-state index in [1.54, 1.807) is 0 Å². The van der Waals surface area contributed by atoms with Gasteiger partial charge in [0.2, 0.25) is 5.91 Å². The van der Waals surface area contributed by atoms with Crippen molar-refractivity contribution in [3.63, 3.8) is 0 Å². The fourth-order valence-electron chi connectivity index (χ4n) is 1.69. The summed E-state index contributed by atoms with van der Waals surface area (Å²) in [6.45, 7) is 5.41. The quantitative estimate of drug-likeness (QED) is 0.785. The van der Waals surface area contributed by atoms with E-state index in [-0.39, 0.29) is 5.75 Å². The van der Waals surface area contributed by atoms with E-state index in [0.717, 1.165) is 42.5 Å². The number of aromatic nitrogens is 2. The van der Waals surface area contributed by atoms with Crippen molar-refractivity contribution < 1.29 is 18.0 Å². The highest BCUT2D eigenvalue weighted by atomic mass is 32.2. The number of halogens is 3. The second-order valence-corrected chi connectivity index (χ2v) is 5.69. The molecule has 0 radical (unpaired) electrons. The van der Waals surface area contributed by atoms with Gasteiger partial charge in [-0.2, -0.15) is 13.2 Å². The first-order chi connectivity index (χ1) is 9.74. The first-order valence-corrected chi connectivity index (χ1v) is 7.73. The van der Waals surface area contributed by atoms with E-state index in [1.165, 1.54) is 0 Å². The number of nitrogens with zero attached hydrogens (tertiary/aromatic N) is 2. The van der Waals surface area contributed by atoms with Gasteiger partial charge < -0.3 is 9.88 Å². The lowest BCUT2D eigenvalue weighted by atomic mass is 10.3. The van der Waals surface area contributed by atoms with Crippen LogP contribution in [-0.4, -0.2) is 33.9 Å². The molecule has 0 atom stereocenters. The van der Waals surface area contributed by atoms with Gasteiger partial charge in [-0.05, 0) is 20.3 Å². The summed E-state index contributed by atoms with van der Waals surface area (Å²) >= 11 is 1.16. The summed E-state index contributed by atoms with van der Waals surface area (Å²) in [7, 11) is 0. The van der Waals surface area contributed by atoms with E-state index in [1.807, 2.05) is 23.7 Å². The van der Waals surface area contributed by atoms with Crippen LogP contribution < -0.4 is 5.32 Å². The number of imidazole rings is 1. The molecule has 0 aromatic carbocycles. The molecule has 0 aliphatic rings. The number of thioether (sulfide) groups is 1. The van der Waals surface area contributed by atoms with Gasteiger partial charge in [0.15, 0.2) is 5.16 Å². The lowest BCUT2D eigenvalue weighted by Gasteiger charge is -2.10. The standard InChI is InChI=1S/C13H20F3N3OS/c1-4-5-6-19-10(3)9(2)18-12(19)21-7-11(20)17-8-13(14,15)16/h4-8H2,1-3H3,(H,17,20). The Hall–Kier alpha value is -1.18. The van der Waals surface area contributed by atoms with Gasteiger partial charge in [-0.15, -0.1) is 0 Å². The molecule has 120 valence electrons. The molecule has 1 amide bonds. The Morgan fingerprint density at radius 3 is 2.62 bits per heavy atom. The molecule has 21 heavy (non-hydrogen) atoms. The van der Waals surface area contributed by atoms with Gasteiger partial charge >= 0.3 is 6.18 Å². The number of carbonyl (C=O) groups excluding carboxylic acids is 1. The number of amides is 1. The van der Waals surface area contributed by atoms with Gasteiger partial charge in [-0.1, -0.05) is 25.1 Å². The third-order valence-corrected chi connectivity index (χ3v) is 3.95. The molecule has 4 nitrogen and oxygen atoms in total. The highest BCUT2D eigenvalue weighted by molar-refractivity contribution is 7.99. The second kappa shape index (κ2) is 7.72. The van der Waals surface area contributed by atoms with Crippen LogP contribution in [0.15, 0.2) is 5.16 Å². The molecule has 0 fully saturated rings. The zero-order valence-corrected chi connectivity index (χ0v) is 13.2. The predicted octanol–water partition coefficient (Wildman–Crippen LogP) is 3.07. The molecule has 1 N–H and O–H groups in total. The fraction of sp³-hybridized carbons (Fsp3) is 0.692. The van der Waals surface area contributed by atoms with Crippen molar-refractivity contribution >= 4 is 17.7 Å². The van der Waals surface area contributed by atoms with Crippen molar-refractivity contribution in [1.29, 1.82) is 0 Å². The van der Waals surface area contributed by atoms with Crippen molar-refractivity contribution in [3.8, 4) is 0 Å². The van der Waals surface area contributed by atoms with Gasteiger partial charge in [0.05, 0.1) is 11.4 Å². The first-order valence-electron chi connectivity index (χ1n) is 6.74. The predicted molar refractivity (Wildman–Crippen MR) is 76.4 cm³/mol. The molecule has 0 unspecified atom stereocenters. The number of unbranched alkanes of at least 4 members (excludes halogenated alkanes) is 1. The number of carbonyl (C=O) groups is 1. The van der Waals surface area contributed by atoms with Crippen molar-refractivity contribution in [2.75, 3.05) is 12.3 Å². The van der Waals surface area contributed by atoms with Gasteiger partial charge in [-0.25, -0.2) is 4.98 Å². The topological polar surface area (TPSA) is 46.9 Å². The first kappa shape index (κ1) is 17.9. The summed E-state index contributed by atoms with van der Waals surface area (Å²) < 4.78 is 38.0. The van der Waals surface area contributed by atoms with E-state index in [9.17, 15) is 18.0 Å². The minimum atomic E-state index is -4.38. The minimum absolute atomic E-state index is 0.0713. The SMILES string of the molecule is CCCCn1c(SCC(=O)NCC(F)(F)F)nc(C)c1C. The molecule has 0 bridgehead atoms. The Labute approximate surface area is 126 Å². The third-order valence-electron chi connectivity index (χ3n) is 2.98. The average Bonchev–Trinajstić information content (AvgIpc) is 2.66. The molecule has 0 saturated heterocycles. The molecule has 1 aromatic rings. The summed E-state index contributed by atoms with van der Waals surface area (Å²) in [6.07, 6.45) is -2.36. The second-order valence-electron chi connectivity index (χ2n) is 4.75. The van der Waals surface area contributed by atoms with Crippen molar-refractivity contribution in [1.82, 2.24) is 14.9 Å². The van der Waals surface area contributed by atoms with Crippen LogP contribution in [0, 0.1) is 13.8 Å². The summed E-state index contributed by atoms with van der Waals surface area (Å²) in [5.41, 5.74) is 1.91. The number of hydrogen-bond acceptors (Lipinski definition) is 3. The molecule has 1 aromatic heterocycles. The lowest BCUT2D eigenvalue weighted by molar-refractivity contribution is -0.136. The van der Waals surface area contributed by atoms with Crippen molar-refractivity contribution in [3.05, 3.63) is 11.4 Å². The Balaban J connectivity index is 2.58. The molecule has 8 heteroatoms. The fourth-order valence-corrected chi connectivity index (χ4v) is 2.64. The summed E-state index contributed by atoms with van der Waals surface area (Å²) in [6, 6.07) is 0. The molecule has 0 spiro atoms. The van der Waals surface area contributed by atoms with Crippen LogP contribution in [0.2, 0.25) is 0 Å². The molecule has 0 aliphatic heterocycles. The normalized spacial score (nSPS) is 11.7. The van der Waals surface area contributed by atoms with Gasteiger partial charge in [0, 0.05) is 12.2 Å². The molecular weight excluding hydrogens is 303 g/mol. The maximum Gasteiger partial charge on any atom is 0.405 e. The Morgan fingerprint density at radius 1 is 1.38 bits per heavy atom. The number of hydrogen-bond donors (Lipinski definition) is 1. The van der Waals surface area contributed by atoms with Crippen LogP contribution >= 0.6 is 11.8 Å². The maximum absolute atomic E-state index is 12.0. The van der Waals surface area contributed by atoms with Crippen LogP contribution in [0.4, 0.5) is 13.2 Å². The molecule has 0 aliphatic carbocycles. The van der Waals surface area contributed by atoms with E-state index >= 15 is 0 Å². The minimum Gasteiger partial charge on any atom is -0.346 e. The highest BCUT2D eigenvalue weighted by Crippen LogP contribution is 2.22. The Bertz CT molecular complexity index is 486. The average molecular weight is 323 g/mol. The number of rotatable bonds is 7. The number of alkyl halides is 3. The van der Waals surface area contributed by atoms with Gasteiger partial charge in [0.25, 0.3) is 0 Å². The zero-order valence-electron chi connectivity index (χ0n) is 12.4. The van der Waals surface area contributed by atoms with Crippen molar-refractivity contribution in [2.45, 2.75) is 51.5 Å². The van der Waals surface area contributed by atoms with E-state index in [4.69, 9.17) is 0 Å². The third kappa shape index (κ3) is 5.99. The molecule has 1 rings (SSSR count). The molecular formula is C13H20F3N3OS. The van der Waals surface area contributed by atoms with E-state index in [2.05, 4.69) is 11.9 Å². The number of aryl methyl sites for hydroxylation is 1. The molecule has 1 heterocycles. The van der Waals surface area contributed by atoms with Crippen LogP contribution in [0.1, 0.15) is 31.2 Å². The smallest absolute Gasteiger partial charge is 0.346 e. The van der Waals surface area contributed by atoms with Crippen molar-refractivity contribution in [2.24, 2.45) is 0 Å². The highest BCUT2D eigenvalue weighted by Gasteiger charge is 2.27. The largest absolute Gasteiger partial charge is 0.405 e. The monoisotopic (exact) mass is 323 g/mol. The van der Waals surface area contributed by atoms with Crippen LogP contribution in [0.5, 0.6) is 0 Å². The molecule has 0 saturated carbocycles. The van der Waals surface area contributed by atoms with Crippen LogP contribution in [0.25, 0.3) is 0 Å². The number of nitrogens with one attached hydrogen (secondary N) is 1. The summed E-state index contributed by atoms with van der Waals surface area (Å²) in [5, 5.41) is 2.54. The zero-order chi connectivity index (χ0) is 16.0. The Morgan fingerprint density at radius 2 is 2.05 bits per heavy atom. The lowest BCUT2D eigenvalue weighted by Crippen LogP contribution is -2.34.